The number of carbonyl (C=O) groups excluding carboxylic acids is 2. The zero-order valence-electron chi connectivity index (χ0n) is 23.7. The molecule has 10 nitrogen and oxygen atoms in total. The largest absolute Gasteiger partial charge is 0.390 e. The Balaban J connectivity index is 1.50. The number of imidazole rings is 1. The smallest absolute Gasteiger partial charge is 0.363 e. The van der Waals surface area contributed by atoms with Gasteiger partial charge >= 0.3 is 12.4 Å². The van der Waals surface area contributed by atoms with E-state index in [1.807, 2.05) is 0 Å². The molecule has 0 unspecified atom stereocenters. The number of amides is 2. The SMILES string of the molecule is NC(=O)c1nc([C@H](c2cn3ncc([C@H](NC(=O)CCC(F)(F)F)C4CC4)cc3n2)C2CCC(F)(F)CC2)n(CCC(F)(F)F)n1. The number of hydrogen-bond donors (Lipinski definition) is 2. The minimum Gasteiger partial charge on any atom is -0.363 e. The van der Waals surface area contributed by atoms with Crippen molar-refractivity contribution in [2.24, 2.45) is 17.6 Å². The highest BCUT2D eigenvalue weighted by Gasteiger charge is 2.42. The van der Waals surface area contributed by atoms with E-state index in [2.05, 4.69) is 25.5 Å². The summed E-state index contributed by atoms with van der Waals surface area (Å²) < 4.78 is 108. The average Bonchev–Trinajstić information content (AvgIpc) is 3.55. The molecule has 2 saturated carbocycles. The van der Waals surface area contributed by atoms with E-state index >= 15 is 0 Å². The Bertz CT molecular complexity index is 1540. The number of nitrogens with two attached hydrogens (primary N) is 1. The molecule has 0 aromatic carbocycles. The summed E-state index contributed by atoms with van der Waals surface area (Å²) in [4.78, 5) is 33.0. The molecule has 45 heavy (non-hydrogen) atoms. The number of hydrogen-bond acceptors (Lipinski definition) is 6. The van der Waals surface area contributed by atoms with Crippen molar-refractivity contribution in [1.82, 2.24) is 34.7 Å². The number of aromatic nitrogens is 6. The zero-order chi connectivity index (χ0) is 32.7. The summed E-state index contributed by atoms with van der Waals surface area (Å²) in [5, 5.41) is 10.9. The lowest BCUT2D eigenvalue weighted by Gasteiger charge is -2.32. The van der Waals surface area contributed by atoms with Gasteiger partial charge in [-0.15, -0.1) is 5.10 Å². The number of nitrogens with one attached hydrogen (secondary N) is 1. The molecule has 0 bridgehead atoms. The maximum Gasteiger partial charge on any atom is 0.390 e. The van der Waals surface area contributed by atoms with Gasteiger partial charge in [-0.1, -0.05) is 0 Å². The summed E-state index contributed by atoms with van der Waals surface area (Å²) in [6.45, 7) is -0.703. The molecule has 2 aliphatic carbocycles. The van der Waals surface area contributed by atoms with Gasteiger partial charge in [0.2, 0.25) is 17.7 Å². The molecule has 3 heterocycles. The van der Waals surface area contributed by atoms with E-state index in [0.29, 0.717) is 5.56 Å². The van der Waals surface area contributed by atoms with Gasteiger partial charge in [-0.2, -0.15) is 31.4 Å². The highest BCUT2D eigenvalue weighted by atomic mass is 19.4. The van der Waals surface area contributed by atoms with Crippen LogP contribution in [0.5, 0.6) is 0 Å². The predicted molar refractivity (Wildman–Crippen MR) is 140 cm³/mol. The minimum atomic E-state index is -4.57. The van der Waals surface area contributed by atoms with Gasteiger partial charge in [0, 0.05) is 19.3 Å². The van der Waals surface area contributed by atoms with Crippen molar-refractivity contribution < 1.29 is 44.7 Å². The summed E-state index contributed by atoms with van der Waals surface area (Å²) in [5.74, 6) is -6.92. The molecule has 0 radical (unpaired) electrons. The van der Waals surface area contributed by atoms with Gasteiger partial charge in [-0.3, -0.25) is 9.59 Å². The topological polar surface area (TPSA) is 133 Å². The van der Waals surface area contributed by atoms with Gasteiger partial charge in [0.05, 0.1) is 49.4 Å². The standard InChI is InChI=1S/C27H30F8N8O2/c28-25(29)6-3-14(4-7-25)20(24-40-23(22(36)45)41-42(24)10-9-27(33,34)35)17-13-43-18(38-17)11-16(12-37-43)21(15-1-2-15)39-19(44)5-8-26(30,31)32/h11-15,20-21H,1-10H2,(H2,36,45)(H,39,44)/t20-,21+/m0/s1. The second-order valence-electron chi connectivity index (χ2n) is 11.7. The molecule has 2 atom stereocenters. The average molecular weight is 651 g/mol. The van der Waals surface area contributed by atoms with Crippen LogP contribution in [0.3, 0.4) is 0 Å². The third-order valence-electron chi connectivity index (χ3n) is 8.12. The normalized spacial score (nSPS) is 19.0. The van der Waals surface area contributed by atoms with Gasteiger partial charge in [-0.25, -0.2) is 27.9 Å². The van der Waals surface area contributed by atoms with Crippen molar-refractivity contribution in [2.45, 2.75) is 94.6 Å². The van der Waals surface area contributed by atoms with Gasteiger partial charge in [0.1, 0.15) is 5.82 Å². The molecule has 3 N–H and O–H groups in total. The number of primary amides is 1. The third-order valence-corrected chi connectivity index (χ3v) is 8.12. The summed E-state index contributed by atoms with van der Waals surface area (Å²) >= 11 is 0. The first kappa shape index (κ1) is 32.5. The zero-order valence-corrected chi connectivity index (χ0v) is 23.7. The van der Waals surface area contributed by atoms with Crippen LogP contribution in [-0.2, 0) is 11.3 Å². The van der Waals surface area contributed by atoms with Crippen molar-refractivity contribution in [1.29, 1.82) is 0 Å². The fraction of sp³-hybridized carbons (Fsp3) is 0.630. The summed E-state index contributed by atoms with van der Waals surface area (Å²) in [6.07, 6.45) is -8.97. The lowest BCUT2D eigenvalue weighted by Crippen LogP contribution is -2.30. The Kier molecular flexibility index (Phi) is 8.78. The van der Waals surface area contributed by atoms with Crippen LogP contribution in [0.4, 0.5) is 35.1 Å². The van der Waals surface area contributed by atoms with Crippen molar-refractivity contribution in [3.8, 4) is 0 Å². The predicted octanol–water partition coefficient (Wildman–Crippen LogP) is 5.24. The van der Waals surface area contributed by atoms with Gasteiger partial charge < -0.3 is 11.1 Å². The lowest BCUT2D eigenvalue weighted by molar-refractivity contribution is -0.144. The number of carbonyl (C=O) groups is 2. The number of nitrogens with zero attached hydrogens (tertiary/aromatic N) is 6. The first-order valence-electron chi connectivity index (χ1n) is 14.4. The van der Waals surface area contributed by atoms with Crippen molar-refractivity contribution in [3.63, 3.8) is 0 Å². The molecule has 3 aromatic heterocycles. The Morgan fingerprint density at radius 1 is 1.00 bits per heavy atom. The van der Waals surface area contributed by atoms with Gasteiger partial charge in [-0.05, 0) is 49.1 Å². The van der Waals surface area contributed by atoms with E-state index in [1.54, 1.807) is 6.07 Å². The molecule has 5 rings (SSSR count). The molecule has 246 valence electrons. The van der Waals surface area contributed by atoms with Gasteiger partial charge in [0.15, 0.2) is 5.65 Å². The Labute approximate surface area is 250 Å². The van der Waals surface area contributed by atoms with Crippen LogP contribution in [0.25, 0.3) is 5.65 Å². The molecular formula is C27H30F8N8O2. The molecular weight excluding hydrogens is 620 g/mol. The van der Waals surface area contributed by atoms with Crippen LogP contribution in [-0.4, -0.2) is 59.5 Å². The van der Waals surface area contributed by atoms with Crippen LogP contribution in [0.1, 0.15) is 97.4 Å². The molecule has 3 aromatic rings. The summed E-state index contributed by atoms with van der Waals surface area (Å²) in [6, 6.07) is 0.960. The maximum atomic E-state index is 14.1. The van der Waals surface area contributed by atoms with Crippen molar-refractivity contribution in [2.75, 3.05) is 0 Å². The molecule has 2 aliphatic rings. The van der Waals surface area contributed by atoms with Crippen LogP contribution in [0.2, 0.25) is 0 Å². The first-order valence-corrected chi connectivity index (χ1v) is 14.4. The first-order chi connectivity index (χ1) is 21.0. The molecule has 0 spiro atoms. The quantitative estimate of drug-likeness (QED) is 0.273. The van der Waals surface area contributed by atoms with Crippen LogP contribution in [0, 0.1) is 11.8 Å². The maximum absolute atomic E-state index is 14.1. The van der Waals surface area contributed by atoms with Crippen LogP contribution < -0.4 is 11.1 Å². The number of aryl methyl sites for hydroxylation is 1. The number of alkyl halides is 8. The minimum absolute atomic E-state index is 0.0179. The highest BCUT2D eigenvalue weighted by Crippen LogP contribution is 2.45. The number of rotatable bonds is 11. The Hall–Kier alpha value is -3.86. The Morgan fingerprint density at radius 2 is 1.67 bits per heavy atom. The Morgan fingerprint density at radius 3 is 2.27 bits per heavy atom. The van der Waals surface area contributed by atoms with Crippen LogP contribution in [0.15, 0.2) is 18.5 Å². The molecule has 18 heteroatoms. The molecule has 2 amide bonds. The van der Waals surface area contributed by atoms with Gasteiger partial charge in [0.25, 0.3) is 5.91 Å². The van der Waals surface area contributed by atoms with Crippen molar-refractivity contribution in [3.05, 3.63) is 41.4 Å². The fourth-order valence-corrected chi connectivity index (χ4v) is 5.70. The van der Waals surface area contributed by atoms with E-state index in [0.717, 1.165) is 17.5 Å². The lowest BCUT2D eigenvalue weighted by atomic mass is 9.77. The number of halogens is 8. The van der Waals surface area contributed by atoms with Crippen molar-refractivity contribution >= 4 is 17.5 Å². The van der Waals surface area contributed by atoms with E-state index < -0.39 is 92.4 Å². The van der Waals surface area contributed by atoms with Crippen LogP contribution >= 0.6 is 0 Å². The van der Waals surface area contributed by atoms with E-state index in [9.17, 15) is 44.7 Å². The van der Waals surface area contributed by atoms with E-state index in [-0.39, 0.29) is 35.9 Å². The molecule has 2 fully saturated rings. The second kappa shape index (κ2) is 12.2. The fourth-order valence-electron chi connectivity index (χ4n) is 5.70. The summed E-state index contributed by atoms with van der Waals surface area (Å²) in [5.41, 5.74) is 6.28. The van der Waals surface area contributed by atoms with E-state index in [4.69, 9.17) is 5.73 Å². The second-order valence-corrected chi connectivity index (χ2v) is 11.7. The summed E-state index contributed by atoms with van der Waals surface area (Å²) in [7, 11) is 0. The molecule has 0 aliphatic heterocycles. The monoisotopic (exact) mass is 650 g/mol. The number of fused-ring (bicyclic) bond motifs is 1. The highest BCUT2D eigenvalue weighted by molar-refractivity contribution is 5.88. The third kappa shape index (κ3) is 8.25. The van der Waals surface area contributed by atoms with E-state index in [1.165, 1.54) is 16.9 Å². The molecule has 0 saturated heterocycles.